The van der Waals surface area contributed by atoms with Crippen molar-refractivity contribution in [2.75, 3.05) is 6.61 Å². The summed E-state index contributed by atoms with van der Waals surface area (Å²) in [6.45, 7) is 2.91. The molecule has 1 nitrogen and oxygen atoms in total. The normalized spacial score (nSPS) is 13.9. The van der Waals surface area contributed by atoms with E-state index in [-0.39, 0.29) is 0 Å². The third-order valence-electron chi connectivity index (χ3n) is 4.46. The van der Waals surface area contributed by atoms with E-state index in [2.05, 4.69) is 73.7 Å². The highest BCUT2D eigenvalue weighted by Gasteiger charge is 2.19. The lowest BCUT2D eigenvalue weighted by Crippen LogP contribution is -2.12. The molecule has 3 aromatic carbocycles. The topological polar surface area (TPSA) is 9.23 Å². The van der Waals surface area contributed by atoms with E-state index >= 15 is 0 Å². The first-order valence-corrected chi connectivity index (χ1v) is 7.70. The molecule has 0 fully saturated rings. The lowest BCUT2D eigenvalue weighted by atomic mass is 9.90. The largest absolute Gasteiger partial charge is 0.489 e. The van der Waals surface area contributed by atoms with E-state index in [1.54, 1.807) is 0 Å². The molecule has 1 aliphatic rings. The molecule has 3 aromatic rings. The predicted octanol–water partition coefficient (Wildman–Crippen LogP) is 5.25. The molecular weight excluding hydrogens is 268 g/mol. The summed E-state index contributed by atoms with van der Waals surface area (Å²) in [5.41, 5.74) is 5.33. The molecule has 0 aliphatic carbocycles. The van der Waals surface area contributed by atoms with Gasteiger partial charge in [-0.25, -0.2) is 0 Å². The van der Waals surface area contributed by atoms with E-state index in [4.69, 9.17) is 4.74 Å². The zero-order valence-corrected chi connectivity index (χ0v) is 12.7. The lowest BCUT2D eigenvalue weighted by molar-refractivity contribution is 0.343. The maximum absolute atomic E-state index is 6.03. The Balaban J connectivity index is 1.84. The van der Waals surface area contributed by atoms with Crippen molar-refractivity contribution < 1.29 is 4.74 Å². The van der Waals surface area contributed by atoms with Gasteiger partial charge in [0.1, 0.15) is 12.4 Å². The number of allylic oxidation sites excluding steroid dienone is 1. The average molecular weight is 286 g/mol. The van der Waals surface area contributed by atoms with Crippen LogP contribution in [0.2, 0.25) is 0 Å². The molecule has 0 atom stereocenters. The van der Waals surface area contributed by atoms with Gasteiger partial charge in [-0.2, -0.15) is 0 Å². The van der Waals surface area contributed by atoms with Gasteiger partial charge in [0.25, 0.3) is 0 Å². The molecule has 0 aromatic heterocycles. The third kappa shape index (κ3) is 2.19. The summed E-state index contributed by atoms with van der Waals surface area (Å²) in [5.74, 6) is 1.01. The van der Waals surface area contributed by atoms with Crippen LogP contribution in [0.15, 0.2) is 72.3 Å². The Morgan fingerprint density at radius 2 is 1.64 bits per heavy atom. The Kier molecular flexibility index (Phi) is 3.19. The molecule has 0 N–H and O–H groups in total. The fraction of sp³-hybridized carbons (Fsp3) is 0.143. The van der Waals surface area contributed by atoms with Crippen molar-refractivity contribution in [2.45, 2.75) is 13.3 Å². The second-order valence-electron chi connectivity index (χ2n) is 5.84. The van der Waals surface area contributed by atoms with Crippen LogP contribution in [0.1, 0.15) is 18.1 Å². The zero-order chi connectivity index (χ0) is 14.9. The van der Waals surface area contributed by atoms with E-state index in [9.17, 15) is 0 Å². The van der Waals surface area contributed by atoms with Crippen LogP contribution in [0.4, 0.5) is 0 Å². The van der Waals surface area contributed by atoms with Crippen LogP contribution in [-0.4, -0.2) is 6.61 Å². The fourth-order valence-corrected chi connectivity index (χ4v) is 3.23. The molecule has 0 saturated heterocycles. The molecule has 0 amide bonds. The number of benzene rings is 3. The Labute approximate surface area is 130 Å². The molecule has 4 rings (SSSR count). The number of hydrogen-bond donors (Lipinski definition) is 0. The van der Waals surface area contributed by atoms with Crippen LogP contribution in [0.5, 0.6) is 5.75 Å². The molecule has 0 radical (unpaired) electrons. The van der Waals surface area contributed by atoms with Crippen LogP contribution >= 0.6 is 0 Å². The van der Waals surface area contributed by atoms with Crippen molar-refractivity contribution in [2.24, 2.45) is 0 Å². The highest BCUT2D eigenvalue weighted by molar-refractivity contribution is 5.97. The maximum Gasteiger partial charge on any atom is 0.127 e. The van der Waals surface area contributed by atoms with Crippen molar-refractivity contribution in [3.63, 3.8) is 0 Å². The van der Waals surface area contributed by atoms with Gasteiger partial charge in [0.05, 0.1) is 0 Å². The van der Waals surface area contributed by atoms with Gasteiger partial charge in [0.15, 0.2) is 0 Å². The first-order chi connectivity index (χ1) is 10.8. The average Bonchev–Trinajstić information content (AvgIpc) is 2.58. The van der Waals surface area contributed by atoms with Gasteiger partial charge in [-0.05, 0) is 46.9 Å². The summed E-state index contributed by atoms with van der Waals surface area (Å²) in [4.78, 5) is 0. The molecule has 22 heavy (non-hydrogen) atoms. The van der Waals surface area contributed by atoms with E-state index in [1.165, 1.54) is 33.0 Å². The Hall–Kier alpha value is -2.54. The van der Waals surface area contributed by atoms with Crippen molar-refractivity contribution in [1.82, 2.24) is 0 Å². The second-order valence-corrected chi connectivity index (χ2v) is 5.84. The number of rotatable bonds is 2. The fourth-order valence-electron chi connectivity index (χ4n) is 3.23. The van der Waals surface area contributed by atoms with Gasteiger partial charge >= 0.3 is 0 Å². The summed E-state index contributed by atoms with van der Waals surface area (Å²) in [6.07, 6.45) is 0.954. The summed E-state index contributed by atoms with van der Waals surface area (Å²) < 4.78 is 6.03. The standard InChI is InChI=1S/C21H18O/c1-15-18(13-16-7-3-2-4-8-16)14-22-20-12-11-17-9-5-6-10-19(17)21(15)20/h2-12H,13-14H2,1H3. The SMILES string of the molecule is CC1=C(Cc2ccccc2)COc2ccc3ccccc3c21. The Morgan fingerprint density at radius 1 is 0.864 bits per heavy atom. The van der Waals surface area contributed by atoms with Gasteiger partial charge in [0.2, 0.25) is 0 Å². The Bertz CT molecular complexity index is 859. The van der Waals surface area contributed by atoms with Crippen LogP contribution in [-0.2, 0) is 6.42 Å². The summed E-state index contributed by atoms with van der Waals surface area (Å²) in [5, 5.41) is 2.55. The zero-order valence-electron chi connectivity index (χ0n) is 12.7. The van der Waals surface area contributed by atoms with Crippen LogP contribution in [0.25, 0.3) is 16.3 Å². The number of hydrogen-bond acceptors (Lipinski definition) is 1. The molecule has 0 bridgehead atoms. The first-order valence-electron chi connectivity index (χ1n) is 7.70. The summed E-state index contributed by atoms with van der Waals surface area (Å²) in [6, 6.07) is 23.4. The molecule has 1 aliphatic heterocycles. The predicted molar refractivity (Wildman–Crippen MR) is 92.2 cm³/mol. The van der Waals surface area contributed by atoms with E-state index in [1.807, 2.05) is 0 Å². The van der Waals surface area contributed by atoms with Gasteiger partial charge in [0, 0.05) is 5.56 Å². The van der Waals surface area contributed by atoms with Crippen molar-refractivity contribution in [3.8, 4) is 5.75 Å². The maximum atomic E-state index is 6.03. The molecule has 0 spiro atoms. The van der Waals surface area contributed by atoms with Crippen LogP contribution in [0.3, 0.4) is 0 Å². The van der Waals surface area contributed by atoms with E-state index in [0.717, 1.165) is 12.2 Å². The van der Waals surface area contributed by atoms with Crippen molar-refractivity contribution in [1.29, 1.82) is 0 Å². The minimum atomic E-state index is 0.687. The number of ether oxygens (including phenoxy) is 1. The van der Waals surface area contributed by atoms with Gasteiger partial charge in [-0.1, -0.05) is 60.7 Å². The van der Waals surface area contributed by atoms with Gasteiger partial charge in [-0.15, -0.1) is 0 Å². The molecule has 1 heteroatoms. The van der Waals surface area contributed by atoms with Gasteiger partial charge < -0.3 is 4.74 Å². The number of fused-ring (bicyclic) bond motifs is 3. The minimum absolute atomic E-state index is 0.687. The molecule has 1 heterocycles. The first kappa shape index (κ1) is 13.1. The minimum Gasteiger partial charge on any atom is -0.489 e. The Morgan fingerprint density at radius 3 is 2.50 bits per heavy atom. The highest BCUT2D eigenvalue weighted by atomic mass is 16.5. The summed E-state index contributed by atoms with van der Waals surface area (Å²) in [7, 11) is 0. The second kappa shape index (κ2) is 5.34. The molecule has 0 unspecified atom stereocenters. The third-order valence-corrected chi connectivity index (χ3v) is 4.46. The van der Waals surface area contributed by atoms with Crippen LogP contribution in [0, 0.1) is 0 Å². The van der Waals surface area contributed by atoms with Crippen molar-refractivity contribution >= 4 is 16.3 Å². The molecular formula is C21H18O. The van der Waals surface area contributed by atoms with Gasteiger partial charge in [-0.3, -0.25) is 0 Å². The quantitative estimate of drug-likeness (QED) is 0.625. The van der Waals surface area contributed by atoms with Crippen molar-refractivity contribution in [3.05, 3.63) is 83.4 Å². The van der Waals surface area contributed by atoms with Crippen LogP contribution < -0.4 is 4.74 Å². The summed E-state index contributed by atoms with van der Waals surface area (Å²) >= 11 is 0. The monoisotopic (exact) mass is 286 g/mol. The highest BCUT2D eigenvalue weighted by Crippen LogP contribution is 2.38. The molecule has 108 valence electrons. The van der Waals surface area contributed by atoms with E-state index in [0.29, 0.717) is 6.61 Å². The van der Waals surface area contributed by atoms with E-state index < -0.39 is 0 Å². The molecule has 0 saturated carbocycles. The smallest absolute Gasteiger partial charge is 0.127 e. The lowest BCUT2D eigenvalue weighted by Gasteiger charge is -2.24.